The average Bonchev–Trinajstić information content (AvgIpc) is 2.76. The first-order chi connectivity index (χ1) is 7.83. The van der Waals surface area contributed by atoms with Crippen molar-refractivity contribution in [3.63, 3.8) is 0 Å². The van der Waals surface area contributed by atoms with Crippen molar-refractivity contribution in [3.05, 3.63) is 42.1 Å². The Bertz CT molecular complexity index is 493. The van der Waals surface area contributed by atoms with Crippen LogP contribution in [0.2, 0.25) is 0 Å². The molecule has 0 bridgehead atoms. The van der Waals surface area contributed by atoms with Crippen molar-refractivity contribution >= 4 is 6.29 Å². The molecule has 0 N–H and O–H groups in total. The van der Waals surface area contributed by atoms with Crippen LogP contribution in [0.5, 0.6) is 5.88 Å². The lowest BCUT2D eigenvalue weighted by Gasteiger charge is -2.05. The molecule has 2 aromatic rings. The van der Waals surface area contributed by atoms with Gasteiger partial charge in [0.15, 0.2) is 6.29 Å². The Morgan fingerprint density at radius 2 is 2.44 bits per heavy atom. The maximum atomic E-state index is 10.7. The Morgan fingerprint density at radius 1 is 1.56 bits per heavy atom. The minimum absolute atomic E-state index is 0.552. The Kier molecular flexibility index (Phi) is 2.95. The highest BCUT2D eigenvalue weighted by Gasteiger charge is 2.02. The number of rotatable bonds is 4. The lowest BCUT2D eigenvalue weighted by atomic mass is 10.2. The predicted molar refractivity (Wildman–Crippen MR) is 57.5 cm³/mol. The monoisotopic (exact) mass is 217 g/mol. The number of carbonyl (C=O) groups excluding carboxylic acids is 1. The third-order valence-electron chi connectivity index (χ3n) is 2.23. The van der Waals surface area contributed by atoms with Gasteiger partial charge in [0.25, 0.3) is 0 Å². The van der Waals surface area contributed by atoms with E-state index < -0.39 is 0 Å². The summed E-state index contributed by atoms with van der Waals surface area (Å²) in [5.41, 5.74) is 1.56. The summed E-state index contributed by atoms with van der Waals surface area (Å²) in [7, 11) is 1.57. The van der Waals surface area contributed by atoms with Crippen LogP contribution in [-0.4, -0.2) is 27.9 Å². The molecule has 2 heterocycles. The van der Waals surface area contributed by atoms with Gasteiger partial charge in [0.05, 0.1) is 19.6 Å². The van der Waals surface area contributed by atoms with E-state index in [1.807, 2.05) is 12.1 Å². The van der Waals surface area contributed by atoms with Gasteiger partial charge >= 0.3 is 0 Å². The van der Waals surface area contributed by atoms with Crippen LogP contribution < -0.4 is 4.74 Å². The molecule has 2 rings (SSSR count). The average molecular weight is 217 g/mol. The fourth-order valence-corrected chi connectivity index (χ4v) is 1.42. The van der Waals surface area contributed by atoms with Gasteiger partial charge in [-0.2, -0.15) is 0 Å². The minimum Gasteiger partial charge on any atom is -0.481 e. The number of imidazole rings is 1. The SMILES string of the molecule is COc1cc(Cn2cncc2C=O)ccn1. The van der Waals surface area contributed by atoms with E-state index in [0.717, 1.165) is 11.8 Å². The second-order valence-electron chi connectivity index (χ2n) is 3.27. The zero-order valence-electron chi connectivity index (χ0n) is 8.83. The number of hydrogen-bond donors (Lipinski definition) is 0. The van der Waals surface area contributed by atoms with Crippen molar-refractivity contribution < 1.29 is 9.53 Å². The highest BCUT2D eigenvalue weighted by molar-refractivity contribution is 5.71. The van der Waals surface area contributed by atoms with Crippen molar-refractivity contribution in [2.45, 2.75) is 6.54 Å². The molecule has 0 saturated heterocycles. The van der Waals surface area contributed by atoms with E-state index in [0.29, 0.717) is 18.1 Å². The van der Waals surface area contributed by atoms with E-state index in [4.69, 9.17) is 4.74 Å². The smallest absolute Gasteiger partial charge is 0.213 e. The molecule has 0 saturated carbocycles. The first-order valence-corrected chi connectivity index (χ1v) is 4.77. The third kappa shape index (κ3) is 2.08. The summed E-state index contributed by atoms with van der Waals surface area (Å²) in [4.78, 5) is 18.6. The Labute approximate surface area is 92.7 Å². The molecule has 16 heavy (non-hydrogen) atoms. The first-order valence-electron chi connectivity index (χ1n) is 4.77. The van der Waals surface area contributed by atoms with Crippen molar-refractivity contribution in [2.75, 3.05) is 7.11 Å². The molecule has 5 nitrogen and oxygen atoms in total. The van der Waals surface area contributed by atoms with Gasteiger partial charge in [-0.25, -0.2) is 9.97 Å². The van der Waals surface area contributed by atoms with E-state index >= 15 is 0 Å². The van der Waals surface area contributed by atoms with Gasteiger partial charge in [0, 0.05) is 18.8 Å². The molecule has 0 amide bonds. The summed E-state index contributed by atoms with van der Waals surface area (Å²) in [6.07, 6.45) is 5.61. The molecule has 0 aliphatic heterocycles. The van der Waals surface area contributed by atoms with Crippen molar-refractivity contribution in [1.29, 1.82) is 0 Å². The van der Waals surface area contributed by atoms with E-state index in [1.54, 1.807) is 24.2 Å². The zero-order valence-corrected chi connectivity index (χ0v) is 8.83. The molecule has 0 radical (unpaired) electrons. The number of aldehydes is 1. The molecule has 0 atom stereocenters. The van der Waals surface area contributed by atoms with E-state index in [2.05, 4.69) is 9.97 Å². The van der Waals surface area contributed by atoms with Gasteiger partial charge in [-0.3, -0.25) is 4.79 Å². The molecule has 0 spiro atoms. The summed E-state index contributed by atoms with van der Waals surface area (Å²) in [6, 6.07) is 3.70. The molecule has 0 aromatic carbocycles. The fraction of sp³-hybridized carbons (Fsp3) is 0.182. The second-order valence-corrected chi connectivity index (χ2v) is 3.27. The summed E-state index contributed by atoms with van der Waals surface area (Å²) in [6.45, 7) is 0.576. The van der Waals surface area contributed by atoms with Crippen LogP contribution in [-0.2, 0) is 6.54 Å². The van der Waals surface area contributed by atoms with E-state index in [1.165, 1.54) is 6.20 Å². The third-order valence-corrected chi connectivity index (χ3v) is 2.23. The largest absolute Gasteiger partial charge is 0.481 e. The highest BCUT2D eigenvalue weighted by atomic mass is 16.5. The van der Waals surface area contributed by atoms with E-state index in [9.17, 15) is 4.79 Å². The molecule has 82 valence electrons. The summed E-state index contributed by atoms with van der Waals surface area (Å²) in [5, 5.41) is 0. The number of nitrogens with zero attached hydrogens (tertiary/aromatic N) is 3. The van der Waals surface area contributed by atoms with Gasteiger partial charge < -0.3 is 9.30 Å². The molecule has 2 aromatic heterocycles. The topological polar surface area (TPSA) is 57.0 Å². The van der Waals surface area contributed by atoms with Gasteiger partial charge in [-0.05, 0) is 11.6 Å². The number of aromatic nitrogens is 3. The number of methoxy groups -OCH3 is 1. The van der Waals surface area contributed by atoms with Gasteiger partial charge in [-0.15, -0.1) is 0 Å². The maximum Gasteiger partial charge on any atom is 0.213 e. The fourth-order valence-electron chi connectivity index (χ4n) is 1.42. The molecular weight excluding hydrogens is 206 g/mol. The molecular formula is C11H11N3O2. The summed E-state index contributed by atoms with van der Waals surface area (Å²) in [5.74, 6) is 0.560. The van der Waals surface area contributed by atoms with Crippen LogP contribution in [0.4, 0.5) is 0 Å². The van der Waals surface area contributed by atoms with Gasteiger partial charge in [0.1, 0.15) is 5.69 Å². The highest BCUT2D eigenvalue weighted by Crippen LogP contribution is 2.10. The van der Waals surface area contributed by atoms with Crippen LogP contribution >= 0.6 is 0 Å². The predicted octanol–water partition coefficient (Wildman–Crippen LogP) is 1.15. The van der Waals surface area contributed by atoms with Crippen molar-refractivity contribution in [2.24, 2.45) is 0 Å². The van der Waals surface area contributed by atoms with Crippen LogP contribution in [0.3, 0.4) is 0 Å². The van der Waals surface area contributed by atoms with Gasteiger partial charge in [0.2, 0.25) is 5.88 Å². The van der Waals surface area contributed by atoms with Crippen molar-refractivity contribution in [3.8, 4) is 5.88 Å². The number of ether oxygens (including phenoxy) is 1. The van der Waals surface area contributed by atoms with E-state index in [-0.39, 0.29) is 0 Å². The number of hydrogen-bond acceptors (Lipinski definition) is 4. The maximum absolute atomic E-state index is 10.7. The minimum atomic E-state index is 0.552. The Morgan fingerprint density at radius 3 is 3.19 bits per heavy atom. The summed E-state index contributed by atoms with van der Waals surface area (Å²) >= 11 is 0. The zero-order chi connectivity index (χ0) is 11.4. The standard InChI is InChI=1S/C11H11N3O2/c1-16-11-4-9(2-3-13-11)6-14-8-12-5-10(14)7-15/h2-5,7-8H,6H2,1H3. The quantitative estimate of drug-likeness (QED) is 0.721. The van der Waals surface area contributed by atoms with Crippen LogP contribution in [0.15, 0.2) is 30.9 Å². The Balaban J connectivity index is 2.23. The van der Waals surface area contributed by atoms with Crippen LogP contribution in [0.25, 0.3) is 0 Å². The van der Waals surface area contributed by atoms with Crippen LogP contribution in [0, 0.1) is 0 Å². The molecule has 5 heteroatoms. The lowest BCUT2D eigenvalue weighted by molar-refractivity contribution is 0.111. The number of pyridine rings is 1. The molecule has 0 aliphatic carbocycles. The second kappa shape index (κ2) is 4.57. The molecule has 0 unspecified atom stereocenters. The Hall–Kier alpha value is -2.17. The summed E-state index contributed by atoms with van der Waals surface area (Å²) < 4.78 is 6.79. The van der Waals surface area contributed by atoms with Crippen molar-refractivity contribution in [1.82, 2.24) is 14.5 Å². The lowest BCUT2D eigenvalue weighted by Crippen LogP contribution is -2.02. The van der Waals surface area contributed by atoms with Crippen LogP contribution in [0.1, 0.15) is 16.1 Å². The first kappa shape index (κ1) is 10.4. The van der Waals surface area contributed by atoms with Gasteiger partial charge in [-0.1, -0.05) is 0 Å². The number of carbonyl (C=O) groups is 1. The molecule has 0 aliphatic rings. The normalized spacial score (nSPS) is 10.1. The molecule has 0 fully saturated rings.